The summed E-state index contributed by atoms with van der Waals surface area (Å²) >= 11 is 0. The fourth-order valence-electron chi connectivity index (χ4n) is 1.53. The molecule has 0 heterocycles. The normalized spacial score (nSPS) is 14.0. The van der Waals surface area contributed by atoms with E-state index in [-0.39, 0.29) is 12.4 Å². The highest BCUT2D eigenvalue weighted by Crippen LogP contribution is 2.40. The molecule has 1 aromatic rings. The lowest BCUT2D eigenvalue weighted by Crippen LogP contribution is -2.29. The van der Waals surface area contributed by atoms with Gasteiger partial charge in [0.15, 0.2) is 0 Å². The van der Waals surface area contributed by atoms with E-state index in [2.05, 4.69) is 0 Å². The van der Waals surface area contributed by atoms with Gasteiger partial charge in [-0.25, -0.2) is 4.39 Å². The standard InChI is InChI=1S/C12H15F4N.ClH/c1-11(2,3)10(17)9-7(12(14,15)16)5-4-6-8(9)13;/h4-6,10H,17H2,1-3H3;1H/t10-;/m1./s1. The Balaban J connectivity index is 0.00000289. The van der Waals surface area contributed by atoms with Crippen molar-refractivity contribution in [2.45, 2.75) is 33.0 Å². The molecule has 0 radical (unpaired) electrons. The van der Waals surface area contributed by atoms with Crippen molar-refractivity contribution in [3.63, 3.8) is 0 Å². The van der Waals surface area contributed by atoms with E-state index in [0.717, 1.165) is 18.2 Å². The topological polar surface area (TPSA) is 26.0 Å². The van der Waals surface area contributed by atoms with Crippen LogP contribution in [0.2, 0.25) is 0 Å². The lowest BCUT2D eigenvalue weighted by Gasteiger charge is -2.29. The van der Waals surface area contributed by atoms with E-state index in [1.54, 1.807) is 20.8 Å². The van der Waals surface area contributed by atoms with Gasteiger partial charge in [0, 0.05) is 11.6 Å². The number of hydrogen-bond acceptors (Lipinski definition) is 1. The third-order valence-corrected chi connectivity index (χ3v) is 2.60. The van der Waals surface area contributed by atoms with E-state index >= 15 is 0 Å². The van der Waals surface area contributed by atoms with Crippen LogP contribution in [0, 0.1) is 11.2 Å². The van der Waals surface area contributed by atoms with Crippen LogP contribution in [0.25, 0.3) is 0 Å². The van der Waals surface area contributed by atoms with Crippen LogP contribution in [0.4, 0.5) is 17.6 Å². The monoisotopic (exact) mass is 285 g/mol. The molecule has 18 heavy (non-hydrogen) atoms. The largest absolute Gasteiger partial charge is 0.416 e. The molecule has 1 rings (SSSR count). The summed E-state index contributed by atoms with van der Waals surface area (Å²) in [5.41, 5.74) is 3.61. The zero-order valence-electron chi connectivity index (χ0n) is 10.3. The van der Waals surface area contributed by atoms with E-state index < -0.39 is 34.6 Å². The molecule has 0 aromatic heterocycles. The first-order valence-corrected chi connectivity index (χ1v) is 5.16. The van der Waals surface area contributed by atoms with Crippen LogP contribution >= 0.6 is 12.4 Å². The molecule has 0 unspecified atom stereocenters. The molecule has 0 bridgehead atoms. The van der Waals surface area contributed by atoms with Gasteiger partial charge in [0.1, 0.15) is 5.82 Å². The second-order valence-electron chi connectivity index (χ2n) is 5.04. The SMILES string of the molecule is CC(C)(C)[C@H](N)c1c(F)cccc1C(F)(F)F.Cl. The first kappa shape index (κ1) is 17.2. The van der Waals surface area contributed by atoms with Gasteiger partial charge >= 0.3 is 6.18 Å². The smallest absolute Gasteiger partial charge is 0.323 e. The van der Waals surface area contributed by atoms with Crippen molar-refractivity contribution in [3.05, 3.63) is 35.1 Å². The van der Waals surface area contributed by atoms with E-state index in [1.165, 1.54) is 0 Å². The number of nitrogens with two attached hydrogens (primary N) is 1. The van der Waals surface area contributed by atoms with Crippen LogP contribution < -0.4 is 5.73 Å². The maximum absolute atomic E-state index is 13.6. The van der Waals surface area contributed by atoms with Gasteiger partial charge in [-0.15, -0.1) is 12.4 Å². The van der Waals surface area contributed by atoms with E-state index in [9.17, 15) is 17.6 Å². The molecule has 0 saturated heterocycles. The van der Waals surface area contributed by atoms with Gasteiger partial charge in [0.2, 0.25) is 0 Å². The molecule has 6 heteroatoms. The van der Waals surface area contributed by atoms with E-state index in [4.69, 9.17) is 5.73 Å². The van der Waals surface area contributed by atoms with Crippen molar-refractivity contribution in [1.29, 1.82) is 0 Å². The summed E-state index contributed by atoms with van der Waals surface area (Å²) in [6.07, 6.45) is -4.60. The second kappa shape index (κ2) is 5.45. The third kappa shape index (κ3) is 3.59. The Morgan fingerprint density at radius 3 is 2.00 bits per heavy atom. The van der Waals surface area contributed by atoms with Gasteiger partial charge in [0.25, 0.3) is 0 Å². The van der Waals surface area contributed by atoms with Crippen LogP contribution in [0.15, 0.2) is 18.2 Å². The molecule has 1 nitrogen and oxygen atoms in total. The molecule has 104 valence electrons. The first-order valence-electron chi connectivity index (χ1n) is 5.16. The van der Waals surface area contributed by atoms with E-state index in [0.29, 0.717) is 0 Å². The summed E-state index contributed by atoms with van der Waals surface area (Å²) < 4.78 is 51.8. The Hall–Kier alpha value is -0.810. The summed E-state index contributed by atoms with van der Waals surface area (Å²) in [5, 5.41) is 0. The van der Waals surface area contributed by atoms with Gasteiger partial charge in [-0.2, -0.15) is 13.2 Å². The summed E-state index contributed by atoms with van der Waals surface area (Å²) in [6, 6.07) is 1.87. The number of alkyl halides is 3. The lowest BCUT2D eigenvalue weighted by molar-refractivity contribution is -0.138. The average molecular weight is 286 g/mol. The average Bonchev–Trinajstić information content (AvgIpc) is 2.13. The van der Waals surface area contributed by atoms with Gasteiger partial charge in [0.05, 0.1) is 5.56 Å². The molecule has 0 aliphatic carbocycles. The Bertz CT molecular complexity index is 410. The molecule has 0 aliphatic rings. The molecular weight excluding hydrogens is 270 g/mol. The van der Waals surface area contributed by atoms with E-state index in [1.807, 2.05) is 0 Å². The third-order valence-electron chi connectivity index (χ3n) is 2.60. The number of benzene rings is 1. The Kier molecular flexibility index (Phi) is 5.20. The van der Waals surface area contributed by atoms with Gasteiger partial charge in [-0.3, -0.25) is 0 Å². The molecule has 0 amide bonds. The van der Waals surface area contributed by atoms with Crippen molar-refractivity contribution < 1.29 is 17.6 Å². The summed E-state index contributed by atoms with van der Waals surface area (Å²) in [5.74, 6) is -0.915. The second-order valence-corrected chi connectivity index (χ2v) is 5.04. The molecule has 0 spiro atoms. The molecule has 1 aromatic carbocycles. The Labute approximate surface area is 110 Å². The van der Waals surface area contributed by atoms with Crippen molar-refractivity contribution in [2.24, 2.45) is 11.1 Å². The predicted octanol–water partition coefficient (Wildman–Crippen LogP) is 4.31. The minimum atomic E-state index is -4.60. The molecule has 1 atom stereocenters. The maximum Gasteiger partial charge on any atom is 0.416 e. The molecule has 0 fully saturated rings. The number of rotatable bonds is 1. The summed E-state index contributed by atoms with van der Waals surface area (Å²) in [4.78, 5) is 0. The minimum absolute atomic E-state index is 0. The maximum atomic E-state index is 13.6. The summed E-state index contributed by atoms with van der Waals surface area (Å²) in [7, 11) is 0. The zero-order chi connectivity index (χ0) is 13.4. The molecule has 0 aliphatic heterocycles. The van der Waals surface area contributed by atoms with Crippen molar-refractivity contribution in [2.75, 3.05) is 0 Å². The van der Waals surface area contributed by atoms with Crippen LogP contribution in [0.1, 0.15) is 37.9 Å². The van der Waals surface area contributed by atoms with Crippen LogP contribution in [0.5, 0.6) is 0 Å². The predicted molar refractivity (Wildman–Crippen MR) is 65.0 cm³/mol. The van der Waals surface area contributed by atoms with Crippen molar-refractivity contribution in [1.82, 2.24) is 0 Å². The zero-order valence-corrected chi connectivity index (χ0v) is 11.1. The van der Waals surface area contributed by atoms with Crippen LogP contribution in [-0.2, 0) is 6.18 Å². The van der Waals surface area contributed by atoms with Gasteiger partial charge < -0.3 is 5.73 Å². The molecule has 0 saturated carbocycles. The van der Waals surface area contributed by atoms with Crippen molar-refractivity contribution in [3.8, 4) is 0 Å². The highest BCUT2D eigenvalue weighted by molar-refractivity contribution is 5.85. The first-order chi connectivity index (χ1) is 7.55. The lowest BCUT2D eigenvalue weighted by atomic mass is 9.81. The Morgan fingerprint density at radius 1 is 1.11 bits per heavy atom. The van der Waals surface area contributed by atoms with Crippen LogP contribution in [-0.4, -0.2) is 0 Å². The summed E-state index contributed by atoms with van der Waals surface area (Å²) in [6.45, 7) is 5.01. The van der Waals surface area contributed by atoms with Gasteiger partial charge in [-0.05, 0) is 17.5 Å². The fraction of sp³-hybridized carbons (Fsp3) is 0.500. The molecular formula is C12H16ClF4N. The van der Waals surface area contributed by atoms with Crippen LogP contribution in [0.3, 0.4) is 0 Å². The highest BCUT2D eigenvalue weighted by Gasteiger charge is 2.38. The number of halogens is 5. The van der Waals surface area contributed by atoms with Gasteiger partial charge in [-0.1, -0.05) is 26.8 Å². The Morgan fingerprint density at radius 2 is 1.61 bits per heavy atom. The fourth-order valence-corrected chi connectivity index (χ4v) is 1.53. The number of hydrogen-bond donors (Lipinski definition) is 1. The molecule has 2 N–H and O–H groups in total. The van der Waals surface area contributed by atoms with Crippen molar-refractivity contribution >= 4 is 12.4 Å². The quantitative estimate of drug-likeness (QED) is 0.765. The highest BCUT2D eigenvalue weighted by atomic mass is 35.5. The minimum Gasteiger partial charge on any atom is -0.323 e.